The highest BCUT2D eigenvalue weighted by Crippen LogP contribution is 2.76. The van der Waals surface area contributed by atoms with E-state index in [1.165, 1.54) is 0 Å². The number of ether oxygens (including phenoxy) is 3. The lowest BCUT2D eigenvalue weighted by Gasteiger charge is -2.70. The third-order valence-electron chi connectivity index (χ3n) is 15.5. The van der Waals surface area contributed by atoms with E-state index >= 15 is 0 Å². The second kappa shape index (κ2) is 11.1. The van der Waals surface area contributed by atoms with Gasteiger partial charge in [0.25, 0.3) is 0 Å². The summed E-state index contributed by atoms with van der Waals surface area (Å²) in [5.41, 5.74) is -1.60. The van der Waals surface area contributed by atoms with Gasteiger partial charge in [-0.25, -0.2) is 4.79 Å². The van der Waals surface area contributed by atoms with Gasteiger partial charge in [0.05, 0.1) is 29.5 Å². The molecule has 0 spiro atoms. The van der Waals surface area contributed by atoms with E-state index in [0.29, 0.717) is 18.3 Å². The summed E-state index contributed by atoms with van der Waals surface area (Å²) in [7, 11) is 0. The van der Waals surface area contributed by atoms with E-state index in [4.69, 9.17) is 14.2 Å². The molecule has 2 aliphatic heterocycles. The Labute approximate surface area is 274 Å². The van der Waals surface area contributed by atoms with Crippen LogP contribution in [-0.4, -0.2) is 96.8 Å². The third kappa shape index (κ3) is 4.82. The van der Waals surface area contributed by atoms with Crippen molar-refractivity contribution in [3.05, 3.63) is 0 Å². The molecule has 0 amide bonds. The van der Waals surface area contributed by atoms with Crippen LogP contribution < -0.4 is 0 Å². The maximum atomic E-state index is 12.2. The van der Waals surface area contributed by atoms with Gasteiger partial charge in [0.2, 0.25) is 0 Å². The number of aliphatic hydroxyl groups excluding tert-OH is 5. The lowest BCUT2D eigenvalue weighted by atomic mass is 9.35. The number of hydrogen-bond donors (Lipinski definition) is 6. The fourth-order valence-corrected chi connectivity index (χ4v) is 12.6. The van der Waals surface area contributed by atoms with Gasteiger partial charge in [0.15, 0.2) is 12.4 Å². The highest BCUT2D eigenvalue weighted by molar-refractivity contribution is 5.73. The maximum absolute atomic E-state index is 12.2. The first kappa shape index (κ1) is 35.0. The van der Waals surface area contributed by atoms with E-state index in [2.05, 4.69) is 41.5 Å². The molecule has 0 radical (unpaired) electrons. The van der Waals surface area contributed by atoms with Crippen LogP contribution in [0.4, 0.5) is 0 Å². The molecule has 0 aromatic rings. The summed E-state index contributed by atoms with van der Waals surface area (Å²) in [4.78, 5) is 11.6. The summed E-state index contributed by atoms with van der Waals surface area (Å²) in [6, 6.07) is 0. The topological polar surface area (TPSA) is 166 Å². The molecule has 46 heavy (non-hydrogen) atoms. The van der Waals surface area contributed by atoms with Crippen LogP contribution in [0, 0.1) is 45.3 Å². The molecule has 6 rings (SSSR count). The molecule has 264 valence electrons. The molecule has 0 aromatic carbocycles. The number of carbonyl (C=O) groups is 1. The molecule has 6 fully saturated rings. The maximum Gasteiger partial charge on any atom is 0.335 e. The molecular weight excluding hydrogens is 592 g/mol. The predicted octanol–water partition coefficient (Wildman–Crippen LogP) is 3.63. The van der Waals surface area contributed by atoms with Gasteiger partial charge in [-0.15, -0.1) is 0 Å². The Bertz CT molecular complexity index is 1190. The third-order valence-corrected chi connectivity index (χ3v) is 15.5. The number of aliphatic hydroxyl groups is 5. The van der Waals surface area contributed by atoms with Crippen LogP contribution in [0.1, 0.15) is 113 Å². The molecule has 6 N–H and O–H groups in total. The summed E-state index contributed by atoms with van der Waals surface area (Å²) in [6.07, 6.45) is -1.25. The van der Waals surface area contributed by atoms with Crippen LogP contribution in [0.3, 0.4) is 0 Å². The molecule has 16 atom stereocenters. The van der Waals surface area contributed by atoms with E-state index in [1.807, 2.05) is 13.8 Å². The number of hydrogen-bond acceptors (Lipinski definition) is 9. The molecule has 4 aliphatic carbocycles. The molecule has 0 aromatic heterocycles. The minimum absolute atomic E-state index is 0.0620. The second-order valence-corrected chi connectivity index (χ2v) is 18.2. The van der Waals surface area contributed by atoms with Gasteiger partial charge in [-0.05, 0) is 124 Å². The Morgan fingerprint density at radius 3 is 2.09 bits per heavy atom. The van der Waals surface area contributed by atoms with Crippen molar-refractivity contribution in [2.45, 2.75) is 173 Å². The normalized spacial score (nSPS) is 55.3. The molecule has 6 aliphatic rings. The quantitative estimate of drug-likeness (QED) is 0.258. The number of carboxylic acid groups (broad SMARTS) is 1. The molecule has 0 unspecified atom stereocenters. The van der Waals surface area contributed by atoms with Crippen molar-refractivity contribution >= 4 is 5.97 Å². The van der Waals surface area contributed by atoms with Crippen LogP contribution in [0.15, 0.2) is 0 Å². The molecule has 2 saturated heterocycles. The summed E-state index contributed by atoms with van der Waals surface area (Å²) in [5, 5.41) is 63.6. The fourth-order valence-electron chi connectivity index (χ4n) is 12.6. The van der Waals surface area contributed by atoms with Gasteiger partial charge in [-0.3, -0.25) is 0 Å². The highest BCUT2D eigenvalue weighted by Gasteiger charge is 2.72. The zero-order chi connectivity index (χ0) is 34.0. The van der Waals surface area contributed by atoms with Crippen LogP contribution in [0.5, 0.6) is 0 Å². The monoisotopic (exact) mass is 652 g/mol. The molecule has 10 nitrogen and oxygen atoms in total. The summed E-state index contributed by atoms with van der Waals surface area (Å²) in [6.45, 7) is 17.7. The molecule has 2 heterocycles. The number of rotatable bonds is 5. The zero-order valence-corrected chi connectivity index (χ0v) is 29.1. The van der Waals surface area contributed by atoms with E-state index in [0.717, 1.165) is 51.4 Å². The van der Waals surface area contributed by atoms with Crippen LogP contribution in [0.25, 0.3) is 0 Å². The number of fused-ring (bicyclic) bond motifs is 5. The predicted molar refractivity (Wildman–Crippen MR) is 168 cm³/mol. The average molecular weight is 653 g/mol. The number of carboxylic acids is 1. The minimum Gasteiger partial charge on any atom is -0.479 e. The van der Waals surface area contributed by atoms with E-state index < -0.39 is 60.1 Å². The lowest BCUT2D eigenvalue weighted by molar-refractivity contribution is -0.328. The van der Waals surface area contributed by atoms with Crippen molar-refractivity contribution in [2.75, 3.05) is 0 Å². The van der Waals surface area contributed by atoms with Gasteiger partial charge in [0, 0.05) is 0 Å². The van der Waals surface area contributed by atoms with Gasteiger partial charge in [0.1, 0.15) is 18.3 Å². The van der Waals surface area contributed by atoms with E-state index in [9.17, 15) is 35.4 Å². The fraction of sp³-hybridized carbons (Fsp3) is 0.972. The Hall–Kier alpha value is -0.850. The minimum atomic E-state index is -1.78. The molecule has 0 bridgehead atoms. The number of aliphatic carboxylic acids is 1. The van der Waals surface area contributed by atoms with Crippen molar-refractivity contribution in [3.63, 3.8) is 0 Å². The first-order chi connectivity index (χ1) is 21.1. The van der Waals surface area contributed by atoms with Crippen molar-refractivity contribution < 1.29 is 49.6 Å². The SMILES string of the molecule is CC(C)(O[C@@H]1O[C@H](C(=O)O)[C@@H](O)[C@H](O)[C@H]1O)[C@@H]1CC[C@@](C)([C@H]2CC[C@]3(C)[C@@H]2[C@H](O)C[C@@H]2[C@@]4(C)CC[C@H](O)C(C)(C)[C@@H]4CC[C@]23C)O1. The van der Waals surface area contributed by atoms with Gasteiger partial charge in [-0.1, -0.05) is 34.6 Å². The lowest BCUT2D eigenvalue weighted by Crippen LogP contribution is -2.66. The Balaban J connectivity index is 1.21. The summed E-state index contributed by atoms with van der Waals surface area (Å²) >= 11 is 0. The first-order valence-electron chi connectivity index (χ1n) is 17.8. The average Bonchev–Trinajstić information content (AvgIpc) is 3.56. The Morgan fingerprint density at radius 1 is 0.783 bits per heavy atom. The van der Waals surface area contributed by atoms with E-state index in [1.54, 1.807) is 0 Å². The van der Waals surface area contributed by atoms with Gasteiger partial charge in [-0.2, -0.15) is 0 Å². The Morgan fingerprint density at radius 2 is 1.43 bits per heavy atom. The van der Waals surface area contributed by atoms with Crippen molar-refractivity contribution in [2.24, 2.45) is 45.3 Å². The van der Waals surface area contributed by atoms with Crippen molar-refractivity contribution in [1.82, 2.24) is 0 Å². The van der Waals surface area contributed by atoms with Gasteiger partial charge < -0.3 is 44.8 Å². The van der Waals surface area contributed by atoms with Crippen LogP contribution in [-0.2, 0) is 19.0 Å². The standard InChI is InChI=1S/C36H60O10/c1-31(2)20-10-15-34(6)21(33(20,5)13-11-22(31)38)17-19(37)24-18(9-14-35(24,34)7)36(8)16-12-23(45-36)32(3,4)46-30-27(41)25(39)26(40)28(44-30)29(42)43/h18-28,30,37-41H,9-17H2,1-8H3,(H,42,43)/t18-,19+,20-,21+,22-,23-,24-,25-,26-,27+,28-,30-,33-,34+,35+,36-/m0/s1. The summed E-state index contributed by atoms with van der Waals surface area (Å²) in [5.74, 6) is -0.422. The van der Waals surface area contributed by atoms with Crippen molar-refractivity contribution in [1.29, 1.82) is 0 Å². The molecule has 10 heteroatoms. The Kier molecular flexibility index (Phi) is 8.43. The smallest absolute Gasteiger partial charge is 0.335 e. The van der Waals surface area contributed by atoms with Gasteiger partial charge >= 0.3 is 5.97 Å². The highest BCUT2D eigenvalue weighted by atomic mass is 16.7. The van der Waals surface area contributed by atoms with Crippen LogP contribution in [0.2, 0.25) is 0 Å². The first-order valence-corrected chi connectivity index (χ1v) is 17.8. The largest absolute Gasteiger partial charge is 0.479 e. The van der Waals surface area contributed by atoms with E-state index in [-0.39, 0.29) is 39.6 Å². The van der Waals surface area contributed by atoms with Crippen LogP contribution >= 0.6 is 0 Å². The van der Waals surface area contributed by atoms with Crippen molar-refractivity contribution in [3.8, 4) is 0 Å². The summed E-state index contributed by atoms with van der Waals surface area (Å²) < 4.78 is 18.5. The zero-order valence-electron chi connectivity index (χ0n) is 29.1. The molecule has 4 saturated carbocycles. The second-order valence-electron chi connectivity index (χ2n) is 18.2. The molecular formula is C36H60O10.